The van der Waals surface area contributed by atoms with Crippen LogP contribution < -0.4 is 0 Å². The molecule has 0 amide bonds. The first-order valence-electron chi connectivity index (χ1n) is 7.63. The Morgan fingerprint density at radius 3 is 2.71 bits per heavy atom. The molecule has 0 N–H and O–H groups in total. The van der Waals surface area contributed by atoms with Crippen LogP contribution in [-0.4, -0.2) is 14.5 Å². The second-order valence-electron chi connectivity index (χ2n) is 5.49. The molecule has 0 unspecified atom stereocenters. The number of nitrogens with zero attached hydrogens (tertiary/aromatic N) is 3. The Balaban J connectivity index is 2.12. The number of rotatable bonds is 5. The van der Waals surface area contributed by atoms with Crippen molar-refractivity contribution in [3.63, 3.8) is 0 Å². The summed E-state index contributed by atoms with van der Waals surface area (Å²) >= 11 is 6.32. The Morgan fingerprint density at radius 1 is 1.10 bits per heavy atom. The van der Waals surface area contributed by atoms with Gasteiger partial charge in [0.05, 0.1) is 11.0 Å². The fraction of sp³-hybridized carbons (Fsp3) is 0.412. The average Bonchev–Trinajstić information content (AvgIpc) is 2.82. The van der Waals surface area contributed by atoms with Gasteiger partial charge >= 0.3 is 0 Å². The second-order valence-corrected chi connectivity index (χ2v) is 5.85. The fourth-order valence-electron chi connectivity index (χ4n) is 2.88. The first-order valence-corrected chi connectivity index (χ1v) is 8.01. The summed E-state index contributed by atoms with van der Waals surface area (Å²) in [5, 5.41) is 1.63. The van der Waals surface area contributed by atoms with E-state index < -0.39 is 0 Å². The highest BCUT2D eigenvalue weighted by molar-refractivity contribution is 6.35. The molecule has 0 saturated heterocycles. The van der Waals surface area contributed by atoms with Gasteiger partial charge in [-0.25, -0.2) is 9.97 Å². The van der Waals surface area contributed by atoms with Crippen molar-refractivity contribution in [2.75, 3.05) is 0 Å². The molecule has 0 saturated carbocycles. The molecular formula is C17H20ClN3. The van der Waals surface area contributed by atoms with Crippen molar-refractivity contribution in [3.8, 4) is 0 Å². The van der Waals surface area contributed by atoms with Crippen molar-refractivity contribution >= 4 is 33.5 Å². The summed E-state index contributed by atoms with van der Waals surface area (Å²) in [5.41, 5.74) is 2.88. The molecule has 0 spiro atoms. The first kappa shape index (κ1) is 14.3. The van der Waals surface area contributed by atoms with Crippen molar-refractivity contribution in [1.29, 1.82) is 0 Å². The number of para-hydroxylation sites is 1. The number of hydrogen-bond acceptors (Lipinski definition) is 2. The zero-order valence-electron chi connectivity index (χ0n) is 12.6. The Hall–Kier alpha value is -1.61. The molecule has 3 rings (SSSR count). The SMILES string of the molecule is CCCCCCn1c(C)nc2c(Cl)nc3ccccc3c21. The minimum atomic E-state index is 0.499. The fourth-order valence-corrected chi connectivity index (χ4v) is 3.10. The van der Waals surface area contributed by atoms with Crippen LogP contribution in [0.4, 0.5) is 0 Å². The minimum Gasteiger partial charge on any atom is -0.328 e. The third-order valence-electron chi connectivity index (χ3n) is 3.97. The molecule has 0 aliphatic carbocycles. The number of unbranched alkanes of at least 4 members (excludes halogenated alkanes) is 3. The summed E-state index contributed by atoms with van der Waals surface area (Å²) in [6.45, 7) is 5.27. The van der Waals surface area contributed by atoms with Gasteiger partial charge in [-0.1, -0.05) is 56.0 Å². The van der Waals surface area contributed by atoms with Gasteiger partial charge in [0.15, 0.2) is 5.15 Å². The normalized spacial score (nSPS) is 11.6. The van der Waals surface area contributed by atoms with Crippen LogP contribution in [0.1, 0.15) is 38.4 Å². The van der Waals surface area contributed by atoms with Crippen LogP contribution in [0.3, 0.4) is 0 Å². The minimum absolute atomic E-state index is 0.499. The van der Waals surface area contributed by atoms with Crippen molar-refractivity contribution in [2.45, 2.75) is 46.1 Å². The van der Waals surface area contributed by atoms with Crippen LogP contribution in [0.25, 0.3) is 21.9 Å². The highest BCUT2D eigenvalue weighted by Gasteiger charge is 2.14. The maximum atomic E-state index is 6.32. The number of aryl methyl sites for hydroxylation is 2. The lowest BCUT2D eigenvalue weighted by molar-refractivity contribution is 0.583. The van der Waals surface area contributed by atoms with Crippen LogP contribution >= 0.6 is 11.6 Å². The van der Waals surface area contributed by atoms with Gasteiger partial charge < -0.3 is 4.57 Å². The largest absolute Gasteiger partial charge is 0.328 e. The van der Waals surface area contributed by atoms with Crippen LogP contribution in [0.2, 0.25) is 5.15 Å². The topological polar surface area (TPSA) is 30.7 Å². The number of benzene rings is 1. The standard InChI is InChI=1S/C17H20ClN3/c1-3-4-5-8-11-21-12(2)19-15-16(21)13-9-6-7-10-14(13)20-17(15)18/h6-7,9-10H,3-5,8,11H2,1-2H3. The molecule has 2 heterocycles. The third kappa shape index (κ3) is 2.62. The summed E-state index contributed by atoms with van der Waals surface area (Å²) in [4.78, 5) is 9.09. The number of halogens is 1. The molecule has 2 aromatic heterocycles. The molecule has 0 bridgehead atoms. The molecule has 4 heteroatoms. The second kappa shape index (κ2) is 6.02. The lowest BCUT2D eigenvalue weighted by Crippen LogP contribution is -2.01. The summed E-state index contributed by atoms with van der Waals surface area (Å²) < 4.78 is 2.29. The molecule has 3 nitrogen and oxygen atoms in total. The molecule has 0 fully saturated rings. The summed E-state index contributed by atoms with van der Waals surface area (Å²) in [5.74, 6) is 1.02. The predicted octanol–water partition coefficient (Wildman–Crippen LogP) is 5.13. The van der Waals surface area contributed by atoms with Crippen molar-refractivity contribution in [1.82, 2.24) is 14.5 Å². The van der Waals surface area contributed by atoms with Crippen LogP contribution in [0.15, 0.2) is 24.3 Å². The number of imidazole rings is 1. The number of pyridine rings is 1. The van der Waals surface area contributed by atoms with Gasteiger partial charge in [-0.2, -0.15) is 0 Å². The van der Waals surface area contributed by atoms with E-state index in [1.807, 2.05) is 25.1 Å². The van der Waals surface area contributed by atoms with Gasteiger partial charge in [-0.15, -0.1) is 0 Å². The molecule has 21 heavy (non-hydrogen) atoms. The van der Waals surface area contributed by atoms with E-state index in [4.69, 9.17) is 11.6 Å². The molecule has 3 aromatic rings. The Labute approximate surface area is 130 Å². The van der Waals surface area contributed by atoms with Gasteiger partial charge in [-0.3, -0.25) is 0 Å². The van der Waals surface area contributed by atoms with Gasteiger partial charge in [0.2, 0.25) is 0 Å². The lowest BCUT2D eigenvalue weighted by Gasteiger charge is -2.08. The summed E-state index contributed by atoms with van der Waals surface area (Å²) in [7, 11) is 0. The van der Waals surface area contributed by atoms with Gasteiger partial charge in [0, 0.05) is 11.9 Å². The van der Waals surface area contributed by atoms with E-state index in [2.05, 4.69) is 27.5 Å². The molecular weight excluding hydrogens is 282 g/mol. The first-order chi connectivity index (χ1) is 10.2. The maximum Gasteiger partial charge on any atom is 0.157 e. The molecule has 110 valence electrons. The average molecular weight is 302 g/mol. The highest BCUT2D eigenvalue weighted by Crippen LogP contribution is 2.29. The van der Waals surface area contributed by atoms with Crippen LogP contribution in [-0.2, 0) is 6.54 Å². The summed E-state index contributed by atoms with van der Waals surface area (Å²) in [6, 6.07) is 8.14. The molecule has 0 atom stereocenters. The van der Waals surface area contributed by atoms with E-state index in [1.54, 1.807) is 0 Å². The van der Waals surface area contributed by atoms with Gasteiger partial charge in [0.1, 0.15) is 11.3 Å². The van der Waals surface area contributed by atoms with E-state index in [1.165, 1.54) is 25.7 Å². The molecule has 0 aliphatic rings. The number of hydrogen-bond donors (Lipinski definition) is 0. The predicted molar refractivity (Wildman–Crippen MR) is 88.9 cm³/mol. The number of fused-ring (bicyclic) bond motifs is 3. The summed E-state index contributed by atoms with van der Waals surface area (Å²) in [6.07, 6.45) is 4.97. The van der Waals surface area contributed by atoms with Crippen LogP contribution in [0.5, 0.6) is 0 Å². The Morgan fingerprint density at radius 2 is 1.90 bits per heavy atom. The lowest BCUT2D eigenvalue weighted by atomic mass is 10.2. The smallest absolute Gasteiger partial charge is 0.157 e. The van der Waals surface area contributed by atoms with Gasteiger partial charge in [-0.05, 0) is 19.4 Å². The van der Waals surface area contributed by atoms with E-state index in [9.17, 15) is 0 Å². The Bertz CT molecular complexity index is 776. The highest BCUT2D eigenvalue weighted by atomic mass is 35.5. The van der Waals surface area contributed by atoms with Crippen LogP contribution in [0, 0.1) is 6.92 Å². The quantitative estimate of drug-likeness (QED) is 0.483. The van der Waals surface area contributed by atoms with Crippen molar-refractivity contribution in [2.24, 2.45) is 0 Å². The van der Waals surface area contributed by atoms with Crippen molar-refractivity contribution in [3.05, 3.63) is 35.2 Å². The Kier molecular flexibility index (Phi) is 4.11. The molecule has 0 radical (unpaired) electrons. The van der Waals surface area contributed by atoms with E-state index in [0.29, 0.717) is 5.15 Å². The van der Waals surface area contributed by atoms with Gasteiger partial charge in [0.25, 0.3) is 0 Å². The van der Waals surface area contributed by atoms with E-state index in [-0.39, 0.29) is 0 Å². The zero-order valence-corrected chi connectivity index (χ0v) is 13.3. The monoisotopic (exact) mass is 301 g/mol. The molecule has 1 aromatic carbocycles. The third-order valence-corrected chi connectivity index (χ3v) is 4.23. The van der Waals surface area contributed by atoms with Crippen molar-refractivity contribution < 1.29 is 0 Å². The molecule has 0 aliphatic heterocycles. The number of aromatic nitrogens is 3. The maximum absolute atomic E-state index is 6.32. The zero-order chi connectivity index (χ0) is 14.8. The van der Waals surface area contributed by atoms with E-state index >= 15 is 0 Å². The van der Waals surface area contributed by atoms with E-state index in [0.717, 1.165) is 34.3 Å².